The summed E-state index contributed by atoms with van der Waals surface area (Å²) in [7, 11) is 0. The van der Waals surface area contributed by atoms with Crippen molar-refractivity contribution in [2.24, 2.45) is 34.0 Å². The molecule has 0 aliphatic rings. The van der Waals surface area contributed by atoms with E-state index >= 15 is 0 Å². The molecular formula is C64H94O17. The largest absolute Gasteiger partial charge is 0.490 e. The highest BCUT2D eigenvalue weighted by Gasteiger charge is 2.35. The molecule has 0 saturated carbocycles. The summed E-state index contributed by atoms with van der Waals surface area (Å²) in [6, 6.07) is 19.8. The molecule has 0 amide bonds. The number of aldehydes is 1. The van der Waals surface area contributed by atoms with Gasteiger partial charge in [-0.15, -0.1) is 0 Å². The molecule has 3 atom stereocenters. The summed E-state index contributed by atoms with van der Waals surface area (Å²) in [6.07, 6.45) is 3.37. The molecule has 0 aromatic heterocycles. The average Bonchev–Trinajstić information content (AvgIpc) is 3.41. The molecule has 2 N–H and O–H groups in total. The fraction of sp³-hybridized carbons (Fsp3) is 0.578. The summed E-state index contributed by atoms with van der Waals surface area (Å²) in [4.78, 5) is 106. The Morgan fingerprint density at radius 2 is 0.716 bits per heavy atom. The summed E-state index contributed by atoms with van der Waals surface area (Å²) in [5, 5.41) is 17.8. The number of carbonyl (C=O) groups is 9. The Labute approximate surface area is 481 Å². The van der Waals surface area contributed by atoms with E-state index in [2.05, 4.69) is 0 Å². The first-order chi connectivity index (χ1) is 37.6. The number of hydrogen-bond acceptors (Lipinski definition) is 17. The van der Waals surface area contributed by atoms with Crippen LogP contribution in [0, 0.1) is 34.0 Å². The van der Waals surface area contributed by atoms with Gasteiger partial charge in [0.15, 0.2) is 11.6 Å². The van der Waals surface area contributed by atoms with E-state index < -0.39 is 39.8 Å². The number of aliphatic hydroxyl groups is 2. The summed E-state index contributed by atoms with van der Waals surface area (Å²) < 4.78 is 32.1. The molecule has 17 heteroatoms. The maximum absolute atomic E-state index is 12.2. The quantitative estimate of drug-likeness (QED) is 0.0200. The molecule has 0 aliphatic carbocycles. The van der Waals surface area contributed by atoms with Crippen LogP contribution in [0.3, 0.4) is 0 Å². The lowest BCUT2D eigenvalue weighted by Crippen LogP contribution is -2.32. The van der Waals surface area contributed by atoms with Gasteiger partial charge in [-0.2, -0.15) is 0 Å². The standard InChI is InChI=1S/C22H32O6.C20H28O5.C19H26O5.C3H8O/c1-7-15(2)18(23)14-21(3,4)20(25)28-13-12-27-17-10-8-16(9-11-17)19(24)22(5,6)26;1-6-14(2)18(22)13-20(4,5)19(23)25-12-11-24-17-9-7-16(8-10-17)15(3)21;1-5-14(2)17(21)12-19(3,4)18(22)24-11-10-23-16-8-6-15(13-20)7-9-16;1-3(2)4/h8-11,15,26H,7,12-14H2,1-6H3;7-10,14H,6,11-13H2,1-5H3;6-9,13-14H,5,10-12H2,1-4H3;3-4H,1-2H3. The molecule has 0 aliphatic heterocycles. The lowest BCUT2D eigenvalue weighted by molar-refractivity contribution is -0.157. The lowest BCUT2D eigenvalue weighted by atomic mass is 9.83. The van der Waals surface area contributed by atoms with Gasteiger partial charge in [0, 0.05) is 59.8 Å². The minimum atomic E-state index is -1.43. The molecule has 452 valence electrons. The van der Waals surface area contributed by atoms with E-state index in [1.54, 1.807) is 128 Å². The van der Waals surface area contributed by atoms with Crippen molar-refractivity contribution in [2.75, 3.05) is 39.6 Å². The van der Waals surface area contributed by atoms with E-state index in [0.29, 0.717) is 33.9 Å². The fourth-order valence-corrected chi connectivity index (χ4v) is 6.68. The van der Waals surface area contributed by atoms with Crippen molar-refractivity contribution in [3.63, 3.8) is 0 Å². The zero-order valence-corrected chi connectivity index (χ0v) is 51.3. The zero-order valence-electron chi connectivity index (χ0n) is 51.3. The van der Waals surface area contributed by atoms with Gasteiger partial charge >= 0.3 is 17.9 Å². The molecule has 3 aromatic rings. The maximum atomic E-state index is 12.2. The second-order valence-corrected chi connectivity index (χ2v) is 22.7. The van der Waals surface area contributed by atoms with Crippen LogP contribution >= 0.6 is 0 Å². The molecule has 0 fully saturated rings. The van der Waals surface area contributed by atoms with Gasteiger partial charge in [0.1, 0.15) is 86.1 Å². The van der Waals surface area contributed by atoms with Crippen molar-refractivity contribution in [1.82, 2.24) is 0 Å². The monoisotopic (exact) mass is 1130 g/mol. The third-order valence-corrected chi connectivity index (χ3v) is 12.7. The molecule has 0 spiro atoms. The number of benzene rings is 3. The first kappa shape index (κ1) is 74.4. The first-order valence-electron chi connectivity index (χ1n) is 27.8. The molecule has 0 radical (unpaired) electrons. The van der Waals surface area contributed by atoms with E-state index in [1.165, 1.54) is 20.8 Å². The van der Waals surface area contributed by atoms with Gasteiger partial charge in [0.05, 0.1) is 16.2 Å². The van der Waals surface area contributed by atoms with Crippen molar-refractivity contribution < 1.29 is 81.8 Å². The Bertz CT molecular complexity index is 2420. The Kier molecular flexibility index (Phi) is 33.7. The third kappa shape index (κ3) is 30.2. The molecule has 3 aromatic carbocycles. The lowest BCUT2D eigenvalue weighted by Gasteiger charge is -2.23. The highest BCUT2D eigenvalue weighted by Crippen LogP contribution is 2.28. The van der Waals surface area contributed by atoms with Crippen molar-refractivity contribution in [3.05, 3.63) is 89.5 Å². The zero-order chi connectivity index (χ0) is 62.3. The number of rotatable bonds is 31. The maximum Gasteiger partial charge on any atom is 0.312 e. The third-order valence-electron chi connectivity index (χ3n) is 12.7. The van der Waals surface area contributed by atoms with Gasteiger partial charge < -0.3 is 38.6 Å². The molecule has 0 bridgehead atoms. The van der Waals surface area contributed by atoms with Crippen LogP contribution in [0.2, 0.25) is 0 Å². The van der Waals surface area contributed by atoms with Crippen LogP contribution in [0.25, 0.3) is 0 Å². The Balaban J connectivity index is 0.00000115. The van der Waals surface area contributed by atoms with E-state index in [-0.39, 0.29) is 112 Å². The summed E-state index contributed by atoms with van der Waals surface area (Å²) in [5.74, 6) is 0.155. The van der Waals surface area contributed by atoms with Gasteiger partial charge in [0.25, 0.3) is 0 Å². The Morgan fingerprint density at radius 1 is 0.457 bits per heavy atom. The van der Waals surface area contributed by atoms with E-state index in [1.807, 2.05) is 41.5 Å². The topological polar surface area (TPSA) is 249 Å². The van der Waals surface area contributed by atoms with Crippen LogP contribution < -0.4 is 14.2 Å². The normalized spacial score (nSPS) is 12.4. The van der Waals surface area contributed by atoms with Crippen molar-refractivity contribution in [3.8, 4) is 17.2 Å². The summed E-state index contributed by atoms with van der Waals surface area (Å²) >= 11 is 0. The highest BCUT2D eigenvalue weighted by atomic mass is 16.6. The van der Waals surface area contributed by atoms with Gasteiger partial charge in [-0.25, -0.2) is 0 Å². The van der Waals surface area contributed by atoms with Crippen molar-refractivity contribution >= 4 is 53.1 Å². The highest BCUT2D eigenvalue weighted by molar-refractivity contribution is 6.01. The minimum Gasteiger partial charge on any atom is -0.490 e. The van der Waals surface area contributed by atoms with Crippen LogP contribution in [0.5, 0.6) is 17.2 Å². The molecule has 3 unspecified atom stereocenters. The van der Waals surface area contributed by atoms with Crippen LogP contribution in [-0.2, 0) is 43.0 Å². The van der Waals surface area contributed by atoms with Crippen LogP contribution in [-0.4, -0.2) is 115 Å². The molecule has 0 heterocycles. The second-order valence-electron chi connectivity index (χ2n) is 22.7. The molecule has 3 rings (SSSR count). The SMILES string of the molecule is CC(C)O.CCC(C)C(=O)CC(C)(C)C(=O)OCCOc1ccc(C(=O)C(C)(C)O)cc1.CCC(C)C(=O)CC(C)(C)C(=O)OCCOc1ccc(C(C)=O)cc1.CCC(C)C(=O)CC(C)(C)C(=O)OCCOc1ccc(C=O)cc1. The fourth-order valence-electron chi connectivity index (χ4n) is 6.68. The van der Waals surface area contributed by atoms with Crippen LogP contribution in [0.15, 0.2) is 72.8 Å². The first-order valence-corrected chi connectivity index (χ1v) is 27.8. The molecule has 0 saturated heterocycles. The molecular weight excluding hydrogens is 1040 g/mol. The van der Waals surface area contributed by atoms with E-state index in [4.69, 9.17) is 33.5 Å². The van der Waals surface area contributed by atoms with Crippen molar-refractivity contribution in [1.29, 1.82) is 0 Å². The molecule has 81 heavy (non-hydrogen) atoms. The van der Waals surface area contributed by atoms with Gasteiger partial charge in [-0.05, 0) is 168 Å². The van der Waals surface area contributed by atoms with E-state index in [9.17, 15) is 48.3 Å². The Morgan fingerprint density at radius 3 is 0.951 bits per heavy atom. The number of aliphatic hydroxyl groups excluding tert-OH is 1. The number of hydrogen-bond donors (Lipinski definition) is 2. The van der Waals surface area contributed by atoms with Crippen molar-refractivity contribution in [2.45, 2.75) is 168 Å². The number of ketones is 5. The number of esters is 3. The summed E-state index contributed by atoms with van der Waals surface area (Å²) in [6.45, 7) is 30.4. The van der Waals surface area contributed by atoms with Gasteiger partial charge in [0.2, 0.25) is 0 Å². The molecule has 17 nitrogen and oxygen atoms in total. The average molecular weight is 1140 g/mol. The second kappa shape index (κ2) is 36.7. The summed E-state index contributed by atoms with van der Waals surface area (Å²) in [5.41, 5.74) is -2.42. The smallest absolute Gasteiger partial charge is 0.312 e. The minimum absolute atomic E-state index is 0.00495. The predicted molar refractivity (Wildman–Crippen MR) is 311 cm³/mol. The van der Waals surface area contributed by atoms with Crippen LogP contribution in [0.1, 0.15) is 187 Å². The van der Waals surface area contributed by atoms with E-state index in [0.717, 1.165) is 25.5 Å². The predicted octanol–water partition coefficient (Wildman–Crippen LogP) is 11.3. The number of Topliss-reactive ketones (excluding diaryl/α,β-unsaturated/α-hetero) is 5. The number of carbonyl (C=O) groups excluding carboxylic acids is 9. The van der Waals surface area contributed by atoms with Gasteiger partial charge in [-0.3, -0.25) is 43.2 Å². The van der Waals surface area contributed by atoms with Crippen LogP contribution in [0.4, 0.5) is 0 Å². The Hall–Kier alpha value is -6.59. The number of ether oxygens (including phenoxy) is 6. The van der Waals surface area contributed by atoms with Gasteiger partial charge in [-0.1, -0.05) is 41.5 Å².